The van der Waals surface area contributed by atoms with E-state index < -0.39 is 17.1 Å². The van der Waals surface area contributed by atoms with Crippen molar-refractivity contribution in [2.24, 2.45) is 7.05 Å². The number of carboxylic acids is 1. The predicted octanol–water partition coefficient (Wildman–Crippen LogP) is 1.63. The van der Waals surface area contributed by atoms with Crippen LogP contribution in [0.4, 0.5) is 5.69 Å². The average molecular weight is 349 g/mol. The third kappa shape index (κ3) is 3.70. The summed E-state index contributed by atoms with van der Waals surface area (Å²) in [6, 6.07) is 9.11. The highest BCUT2D eigenvalue weighted by atomic mass is 32.2. The van der Waals surface area contributed by atoms with Crippen LogP contribution in [0.25, 0.3) is 5.69 Å². The maximum atomic E-state index is 12.7. The van der Waals surface area contributed by atoms with Crippen LogP contribution in [0.1, 0.15) is 12.6 Å². The van der Waals surface area contributed by atoms with Gasteiger partial charge in [0.05, 0.1) is 22.4 Å². The molecule has 2 aromatic rings. The number of carboxylic acid groups (broad SMARTS) is 1. The number of thioether (sulfide) groups is 1. The summed E-state index contributed by atoms with van der Waals surface area (Å²) in [6.07, 6.45) is 0. The molecule has 0 saturated heterocycles. The van der Waals surface area contributed by atoms with E-state index in [1.165, 1.54) is 4.68 Å². The first-order valence-corrected chi connectivity index (χ1v) is 8.36. The number of para-hydroxylation sites is 1. The summed E-state index contributed by atoms with van der Waals surface area (Å²) in [7, 11) is 1.74. The summed E-state index contributed by atoms with van der Waals surface area (Å²) in [5.74, 6) is -1.55. The lowest BCUT2D eigenvalue weighted by Gasteiger charge is -2.09. The van der Waals surface area contributed by atoms with E-state index in [0.29, 0.717) is 11.4 Å². The summed E-state index contributed by atoms with van der Waals surface area (Å²) in [5, 5.41) is 10.7. The molecule has 0 spiro atoms. The van der Waals surface area contributed by atoms with Crippen molar-refractivity contribution in [3.8, 4) is 5.69 Å². The van der Waals surface area contributed by atoms with E-state index in [-0.39, 0.29) is 17.0 Å². The zero-order valence-corrected chi connectivity index (χ0v) is 14.5. The highest BCUT2D eigenvalue weighted by molar-refractivity contribution is 8.01. The fraction of sp³-hybridized carbons (Fsp3) is 0.312. The molecule has 0 bridgehead atoms. The van der Waals surface area contributed by atoms with Crippen LogP contribution in [0.2, 0.25) is 0 Å². The molecule has 8 heteroatoms. The fourth-order valence-corrected chi connectivity index (χ4v) is 2.81. The molecule has 1 heterocycles. The number of aliphatic carboxylic acids is 1. The minimum absolute atomic E-state index is 0.170. The topological polar surface area (TPSA) is 93.3 Å². The van der Waals surface area contributed by atoms with Crippen LogP contribution in [0.5, 0.6) is 0 Å². The Bertz CT molecular complexity index is 811. The molecule has 24 heavy (non-hydrogen) atoms. The van der Waals surface area contributed by atoms with Gasteiger partial charge in [-0.25, -0.2) is 4.68 Å². The number of carbonyl (C=O) groups excluding carboxylic acids is 1. The number of benzene rings is 1. The Labute approximate surface area is 143 Å². The van der Waals surface area contributed by atoms with Crippen LogP contribution in [0.3, 0.4) is 0 Å². The Morgan fingerprint density at radius 3 is 2.50 bits per heavy atom. The Kier molecular flexibility index (Phi) is 5.50. The van der Waals surface area contributed by atoms with E-state index in [4.69, 9.17) is 5.11 Å². The normalized spacial score (nSPS) is 12.0. The number of hydrogen-bond acceptors (Lipinski definition) is 4. The maximum absolute atomic E-state index is 12.7. The van der Waals surface area contributed by atoms with Gasteiger partial charge in [0.25, 0.3) is 5.56 Å². The Morgan fingerprint density at radius 2 is 1.92 bits per heavy atom. The molecule has 1 amide bonds. The zero-order chi connectivity index (χ0) is 17.9. The minimum Gasteiger partial charge on any atom is -0.481 e. The lowest BCUT2D eigenvalue weighted by Crippen LogP contribution is -2.27. The van der Waals surface area contributed by atoms with Gasteiger partial charge >= 0.3 is 5.97 Å². The highest BCUT2D eigenvalue weighted by Crippen LogP contribution is 2.17. The largest absolute Gasteiger partial charge is 0.481 e. The van der Waals surface area contributed by atoms with Gasteiger partial charge in [-0.15, -0.1) is 11.8 Å². The molecular formula is C16H19N3O4S. The summed E-state index contributed by atoms with van der Waals surface area (Å²) in [4.78, 5) is 35.5. The molecule has 7 nitrogen and oxygen atoms in total. The second kappa shape index (κ2) is 7.39. The molecule has 0 radical (unpaired) electrons. The van der Waals surface area contributed by atoms with Crippen molar-refractivity contribution >= 4 is 29.3 Å². The Balaban J connectivity index is 2.28. The SMILES string of the molecule is Cc1c(NC(=O)C(C)SCC(=O)O)c(=O)n(-c2ccccc2)n1C. The van der Waals surface area contributed by atoms with Gasteiger partial charge in [-0.3, -0.25) is 19.1 Å². The van der Waals surface area contributed by atoms with E-state index in [2.05, 4.69) is 5.32 Å². The first-order chi connectivity index (χ1) is 11.3. The monoisotopic (exact) mass is 349 g/mol. The van der Waals surface area contributed by atoms with E-state index >= 15 is 0 Å². The van der Waals surface area contributed by atoms with E-state index in [1.54, 1.807) is 37.7 Å². The molecule has 1 atom stereocenters. The van der Waals surface area contributed by atoms with Crippen LogP contribution in [-0.2, 0) is 16.6 Å². The fourth-order valence-electron chi connectivity index (χ4n) is 2.21. The molecule has 128 valence electrons. The quantitative estimate of drug-likeness (QED) is 0.827. The van der Waals surface area contributed by atoms with E-state index in [1.807, 2.05) is 18.2 Å². The molecule has 0 aliphatic heterocycles. The van der Waals surface area contributed by atoms with Gasteiger partial charge in [0.15, 0.2) is 0 Å². The van der Waals surface area contributed by atoms with Crippen LogP contribution in [-0.4, -0.2) is 37.3 Å². The van der Waals surface area contributed by atoms with Crippen molar-refractivity contribution in [3.05, 3.63) is 46.4 Å². The highest BCUT2D eigenvalue weighted by Gasteiger charge is 2.21. The molecule has 0 saturated carbocycles. The number of carbonyl (C=O) groups is 2. The van der Waals surface area contributed by atoms with Crippen LogP contribution < -0.4 is 10.9 Å². The standard InChI is InChI=1S/C16H19N3O4S/c1-10-14(17-15(22)11(2)24-9-13(20)21)16(23)19(18(10)3)12-7-5-4-6-8-12/h4-8,11H,9H2,1-3H3,(H,17,22)(H,20,21). The molecule has 1 aromatic heterocycles. The first-order valence-electron chi connectivity index (χ1n) is 7.31. The number of aromatic nitrogens is 2. The van der Waals surface area contributed by atoms with Gasteiger partial charge in [0, 0.05) is 7.05 Å². The Hall–Kier alpha value is -2.48. The summed E-state index contributed by atoms with van der Waals surface area (Å²) in [5.41, 5.74) is 1.19. The molecule has 2 rings (SSSR count). The second-order valence-corrected chi connectivity index (χ2v) is 6.60. The first kappa shape index (κ1) is 17.9. The predicted molar refractivity (Wildman–Crippen MR) is 93.9 cm³/mol. The van der Waals surface area contributed by atoms with Crippen LogP contribution in [0.15, 0.2) is 35.1 Å². The average Bonchev–Trinajstić information content (AvgIpc) is 2.76. The zero-order valence-electron chi connectivity index (χ0n) is 13.6. The summed E-state index contributed by atoms with van der Waals surface area (Å²) < 4.78 is 3.14. The lowest BCUT2D eigenvalue weighted by atomic mass is 10.3. The summed E-state index contributed by atoms with van der Waals surface area (Å²) in [6.45, 7) is 3.35. The van der Waals surface area contributed by atoms with Crippen molar-refractivity contribution in [1.29, 1.82) is 0 Å². The van der Waals surface area contributed by atoms with Gasteiger partial charge in [0.2, 0.25) is 5.91 Å². The number of anilines is 1. The molecule has 1 unspecified atom stereocenters. The van der Waals surface area contributed by atoms with Gasteiger partial charge < -0.3 is 10.4 Å². The van der Waals surface area contributed by atoms with Gasteiger partial charge in [-0.1, -0.05) is 18.2 Å². The number of hydrogen-bond donors (Lipinski definition) is 2. The molecule has 1 aromatic carbocycles. The number of amides is 1. The van der Waals surface area contributed by atoms with Crippen molar-refractivity contribution < 1.29 is 14.7 Å². The van der Waals surface area contributed by atoms with Crippen molar-refractivity contribution in [2.75, 3.05) is 11.1 Å². The number of nitrogens with one attached hydrogen (secondary N) is 1. The smallest absolute Gasteiger partial charge is 0.313 e. The minimum atomic E-state index is -0.984. The second-order valence-electron chi connectivity index (χ2n) is 5.27. The van der Waals surface area contributed by atoms with Crippen molar-refractivity contribution in [2.45, 2.75) is 19.1 Å². The molecule has 2 N–H and O–H groups in total. The van der Waals surface area contributed by atoms with E-state index in [0.717, 1.165) is 11.8 Å². The molecular weight excluding hydrogens is 330 g/mol. The number of nitrogens with zero attached hydrogens (tertiary/aromatic N) is 2. The third-order valence-electron chi connectivity index (χ3n) is 3.63. The van der Waals surface area contributed by atoms with Crippen molar-refractivity contribution in [3.63, 3.8) is 0 Å². The third-order valence-corrected chi connectivity index (χ3v) is 4.76. The molecule has 0 aliphatic carbocycles. The van der Waals surface area contributed by atoms with Crippen molar-refractivity contribution in [1.82, 2.24) is 9.36 Å². The van der Waals surface area contributed by atoms with Crippen LogP contribution in [0, 0.1) is 6.92 Å². The van der Waals surface area contributed by atoms with Gasteiger partial charge in [-0.05, 0) is 26.0 Å². The van der Waals surface area contributed by atoms with Crippen LogP contribution >= 0.6 is 11.8 Å². The summed E-state index contributed by atoms with van der Waals surface area (Å²) >= 11 is 1.00. The van der Waals surface area contributed by atoms with E-state index in [9.17, 15) is 14.4 Å². The molecule has 0 fully saturated rings. The molecule has 0 aliphatic rings. The number of rotatable bonds is 6. The Morgan fingerprint density at radius 1 is 1.29 bits per heavy atom. The van der Waals surface area contributed by atoms with Gasteiger partial charge in [0.1, 0.15) is 5.69 Å². The maximum Gasteiger partial charge on any atom is 0.313 e. The van der Waals surface area contributed by atoms with Gasteiger partial charge in [-0.2, -0.15) is 0 Å². The lowest BCUT2D eigenvalue weighted by molar-refractivity contribution is -0.133.